The van der Waals surface area contributed by atoms with Crippen LogP contribution in [0.1, 0.15) is 18.4 Å². The zero-order valence-corrected chi connectivity index (χ0v) is 18.9. The summed E-state index contributed by atoms with van der Waals surface area (Å²) in [6.45, 7) is 5.10. The quantitative estimate of drug-likeness (QED) is 0.508. The first-order chi connectivity index (χ1) is 16.0. The fourth-order valence-electron chi connectivity index (χ4n) is 3.86. The van der Waals surface area contributed by atoms with Crippen LogP contribution in [0.2, 0.25) is 5.02 Å². The number of anilines is 1. The van der Waals surface area contributed by atoms with E-state index in [1.54, 1.807) is 24.1 Å². The summed E-state index contributed by atoms with van der Waals surface area (Å²) in [4.78, 5) is 22.3. The highest BCUT2D eigenvalue weighted by atomic mass is 35.5. The van der Waals surface area contributed by atoms with Gasteiger partial charge in [-0.15, -0.1) is 0 Å². The Morgan fingerprint density at radius 1 is 1.24 bits per heavy atom. The monoisotopic (exact) mass is 470 g/mol. The van der Waals surface area contributed by atoms with Crippen molar-refractivity contribution in [1.82, 2.24) is 14.9 Å². The lowest BCUT2D eigenvalue weighted by Gasteiger charge is -2.31. The molecule has 0 aliphatic carbocycles. The zero-order valence-electron chi connectivity index (χ0n) is 18.2. The van der Waals surface area contributed by atoms with E-state index in [-0.39, 0.29) is 12.0 Å². The predicted molar refractivity (Wildman–Crippen MR) is 125 cm³/mol. The topological polar surface area (TPSA) is 76.6 Å². The molecule has 0 unspecified atom stereocenters. The van der Waals surface area contributed by atoms with Gasteiger partial charge in [0.1, 0.15) is 24.1 Å². The van der Waals surface area contributed by atoms with Crippen molar-refractivity contribution in [2.45, 2.75) is 25.5 Å². The standard InChI is InChI=1S/C24H24ClFN4O3/c1-3-23(31)30-6-4-18(5-7-30)33-22-11-19-20(12-21(22)32-2)28-14-29-24(19)27-13-15-8-16(25)10-17(26)9-15/h3,8-12,14,18H,1,4-7,13H2,2H3,(H,27,28,29). The lowest BCUT2D eigenvalue weighted by atomic mass is 10.1. The summed E-state index contributed by atoms with van der Waals surface area (Å²) in [5.41, 5.74) is 1.37. The Bertz CT molecular complexity index is 1160. The lowest BCUT2D eigenvalue weighted by Crippen LogP contribution is -2.41. The van der Waals surface area contributed by atoms with Crippen molar-refractivity contribution in [2.24, 2.45) is 0 Å². The van der Waals surface area contributed by atoms with Crippen LogP contribution in [0, 0.1) is 5.82 Å². The van der Waals surface area contributed by atoms with Crippen LogP contribution in [-0.2, 0) is 11.3 Å². The molecule has 1 aliphatic heterocycles. The average Bonchev–Trinajstić information content (AvgIpc) is 2.81. The van der Waals surface area contributed by atoms with Crippen molar-refractivity contribution in [2.75, 3.05) is 25.5 Å². The summed E-state index contributed by atoms with van der Waals surface area (Å²) in [7, 11) is 1.58. The number of carbonyl (C=O) groups excluding carboxylic acids is 1. The van der Waals surface area contributed by atoms with Crippen LogP contribution in [0.4, 0.5) is 10.2 Å². The highest BCUT2D eigenvalue weighted by molar-refractivity contribution is 6.30. The Hall–Kier alpha value is -3.39. The average molecular weight is 471 g/mol. The molecule has 1 aliphatic rings. The molecule has 1 N–H and O–H groups in total. The van der Waals surface area contributed by atoms with E-state index >= 15 is 0 Å². The second-order valence-electron chi connectivity index (χ2n) is 7.72. The van der Waals surface area contributed by atoms with E-state index in [1.165, 1.54) is 24.5 Å². The number of fused-ring (bicyclic) bond motifs is 1. The third kappa shape index (κ3) is 5.34. The molecule has 1 aromatic heterocycles. The number of nitrogens with zero attached hydrogens (tertiary/aromatic N) is 3. The number of carbonyl (C=O) groups is 1. The maximum atomic E-state index is 13.7. The number of rotatable bonds is 7. The molecule has 0 saturated carbocycles. The maximum Gasteiger partial charge on any atom is 0.245 e. The highest BCUT2D eigenvalue weighted by Gasteiger charge is 2.24. The van der Waals surface area contributed by atoms with Gasteiger partial charge in [0.15, 0.2) is 11.5 Å². The molecule has 0 atom stereocenters. The number of benzene rings is 2. The molecule has 9 heteroatoms. The smallest absolute Gasteiger partial charge is 0.245 e. The molecule has 33 heavy (non-hydrogen) atoms. The second-order valence-corrected chi connectivity index (χ2v) is 8.16. The number of methoxy groups -OCH3 is 1. The first kappa shape index (κ1) is 22.8. The van der Waals surface area contributed by atoms with Gasteiger partial charge in [0.2, 0.25) is 5.91 Å². The van der Waals surface area contributed by atoms with Crippen LogP contribution < -0.4 is 14.8 Å². The van der Waals surface area contributed by atoms with Gasteiger partial charge in [-0.25, -0.2) is 14.4 Å². The molecular formula is C24H24ClFN4O3. The van der Waals surface area contributed by atoms with Crippen molar-refractivity contribution in [1.29, 1.82) is 0 Å². The van der Waals surface area contributed by atoms with E-state index in [2.05, 4.69) is 21.9 Å². The molecule has 1 fully saturated rings. The Morgan fingerprint density at radius 3 is 2.73 bits per heavy atom. The SMILES string of the molecule is C=CC(=O)N1CCC(Oc2cc3c(NCc4cc(F)cc(Cl)c4)ncnc3cc2OC)CC1. The number of hydrogen-bond acceptors (Lipinski definition) is 6. The van der Waals surface area contributed by atoms with Gasteiger partial charge >= 0.3 is 0 Å². The lowest BCUT2D eigenvalue weighted by molar-refractivity contribution is -0.127. The Kier molecular flexibility index (Phi) is 6.93. The van der Waals surface area contributed by atoms with E-state index in [4.69, 9.17) is 21.1 Å². The van der Waals surface area contributed by atoms with E-state index in [9.17, 15) is 9.18 Å². The summed E-state index contributed by atoms with van der Waals surface area (Å²) in [5, 5.41) is 4.30. The summed E-state index contributed by atoms with van der Waals surface area (Å²) in [6.07, 6.45) is 4.14. The highest BCUT2D eigenvalue weighted by Crippen LogP contribution is 2.35. The van der Waals surface area contributed by atoms with Gasteiger partial charge in [0.25, 0.3) is 0 Å². The van der Waals surface area contributed by atoms with Gasteiger partial charge in [-0.2, -0.15) is 0 Å². The third-order valence-corrected chi connectivity index (χ3v) is 5.74. The fourth-order valence-corrected chi connectivity index (χ4v) is 4.10. The zero-order chi connectivity index (χ0) is 23.4. The molecule has 0 spiro atoms. The van der Waals surface area contributed by atoms with Gasteiger partial charge < -0.3 is 19.7 Å². The summed E-state index contributed by atoms with van der Waals surface area (Å²) in [6, 6.07) is 8.02. The van der Waals surface area contributed by atoms with Crippen molar-refractivity contribution in [3.05, 3.63) is 65.7 Å². The molecule has 3 aromatic rings. The summed E-state index contributed by atoms with van der Waals surface area (Å²) in [5.74, 6) is 1.26. The van der Waals surface area contributed by atoms with Gasteiger partial charge in [-0.3, -0.25) is 4.79 Å². The minimum atomic E-state index is -0.395. The Labute approximate surface area is 196 Å². The number of piperidine rings is 1. The van der Waals surface area contributed by atoms with E-state index in [0.29, 0.717) is 65.9 Å². The first-order valence-electron chi connectivity index (χ1n) is 10.6. The van der Waals surface area contributed by atoms with Crippen LogP contribution >= 0.6 is 11.6 Å². The molecule has 0 bridgehead atoms. The molecule has 0 radical (unpaired) electrons. The Balaban J connectivity index is 1.55. The van der Waals surface area contributed by atoms with Crippen LogP contribution in [0.3, 0.4) is 0 Å². The molecule has 2 aromatic carbocycles. The van der Waals surface area contributed by atoms with Gasteiger partial charge in [0, 0.05) is 49.0 Å². The van der Waals surface area contributed by atoms with E-state index in [0.717, 1.165) is 5.39 Å². The van der Waals surface area contributed by atoms with Crippen molar-refractivity contribution < 1.29 is 18.7 Å². The van der Waals surface area contributed by atoms with Gasteiger partial charge in [-0.1, -0.05) is 18.2 Å². The normalized spacial score (nSPS) is 14.2. The number of hydrogen-bond donors (Lipinski definition) is 1. The van der Waals surface area contributed by atoms with Gasteiger partial charge in [-0.05, 0) is 35.9 Å². The molecule has 1 amide bonds. The van der Waals surface area contributed by atoms with Crippen molar-refractivity contribution in [3.63, 3.8) is 0 Å². The predicted octanol–water partition coefficient (Wildman–Crippen LogP) is 4.60. The van der Waals surface area contributed by atoms with Crippen molar-refractivity contribution >= 4 is 34.2 Å². The van der Waals surface area contributed by atoms with Crippen LogP contribution in [-0.4, -0.2) is 47.1 Å². The molecule has 7 nitrogen and oxygen atoms in total. The molecule has 172 valence electrons. The molecule has 1 saturated heterocycles. The maximum absolute atomic E-state index is 13.7. The van der Waals surface area contributed by atoms with Crippen molar-refractivity contribution in [3.8, 4) is 11.5 Å². The van der Waals surface area contributed by atoms with Crippen LogP contribution in [0.5, 0.6) is 11.5 Å². The number of ether oxygens (including phenoxy) is 2. The largest absolute Gasteiger partial charge is 0.493 e. The molecular weight excluding hydrogens is 447 g/mol. The summed E-state index contributed by atoms with van der Waals surface area (Å²) < 4.78 is 25.4. The minimum absolute atomic E-state index is 0.0549. The number of nitrogens with one attached hydrogen (secondary N) is 1. The fraction of sp³-hybridized carbons (Fsp3) is 0.292. The second kappa shape index (κ2) is 10.0. The number of amides is 1. The minimum Gasteiger partial charge on any atom is -0.493 e. The van der Waals surface area contributed by atoms with E-state index in [1.807, 2.05) is 6.07 Å². The third-order valence-electron chi connectivity index (χ3n) is 5.52. The molecule has 2 heterocycles. The Morgan fingerprint density at radius 2 is 2.03 bits per heavy atom. The van der Waals surface area contributed by atoms with Crippen LogP contribution in [0.15, 0.2) is 49.3 Å². The number of likely N-dealkylation sites (tertiary alicyclic amines) is 1. The number of aromatic nitrogens is 2. The van der Waals surface area contributed by atoms with Gasteiger partial charge in [0.05, 0.1) is 12.6 Å². The summed E-state index contributed by atoms with van der Waals surface area (Å²) >= 11 is 5.96. The first-order valence-corrected chi connectivity index (χ1v) is 10.9. The molecule has 4 rings (SSSR count). The van der Waals surface area contributed by atoms with E-state index < -0.39 is 5.82 Å². The van der Waals surface area contributed by atoms with Crippen LogP contribution in [0.25, 0.3) is 10.9 Å². The number of halogens is 2.